The zero-order valence-electron chi connectivity index (χ0n) is 9.54. The smallest absolute Gasteiger partial charge is 0.147 e. The van der Waals surface area contributed by atoms with Gasteiger partial charge >= 0.3 is 0 Å². The minimum atomic E-state index is -0.441. The maximum Gasteiger partial charge on any atom is 0.147 e. The van der Waals surface area contributed by atoms with Gasteiger partial charge in [-0.3, -0.25) is 0 Å². The van der Waals surface area contributed by atoms with Crippen molar-refractivity contribution in [1.82, 2.24) is 0 Å². The van der Waals surface area contributed by atoms with Crippen LogP contribution in [0.5, 0.6) is 0 Å². The van der Waals surface area contributed by atoms with Gasteiger partial charge in [-0.1, -0.05) is 12.8 Å². The average Bonchev–Trinajstić information content (AvgIpc) is 2.81. The van der Waals surface area contributed by atoms with Gasteiger partial charge in [0.15, 0.2) is 0 Å². The number of hydrogen-bond acceptors (Lipinski definition) is 3. The predicted molar refractivity (Wildman–Crippen MR) is 63.0 cm³/mol. The Labute approximate surface area is 99.9 Å². The monoisotopic (exact) mass is 234 g/mol. The summed E-state index contributed by atoms with van der Waals surface area (Å²) in [4.78, 5) is 0. The van der Waals surface area contributed by atoms with E-state index in [4.69, 9.17) is 5.26 Å². The van der Waals surface area contributed by atoms with Crippen LogP contribution >= 0.6 is 0 Å². The Balaban J connectivity index is 2.21. The first-order valence-corrected chi connectivity index (χ1v) is 5.78. The number of benzene rings is 1. The van der Waals surface area contributed by atoms with Crippen molar-refractivity contribution in [2.75, 3.05) is 11.9 Å². The summed E-state index contributed by atoms with van der Waals surface area (Å²) in [5.74, 6) is -0.441. The maximum atomic E-state index is 13.7. The van der Waals surface area contributed by atoms with Crippen LogP contribution in [0, 0.1) is 17.1 Å². The molecule has 3 nitrogen and oxygen atoms in total. The van der Waals surface area contributed by atoms with Gasteiger partial charge in [-0.2, -0.15) is 5.26 Å². The summed E-state index contributed by atoms with van der Waals surface area (Å²) >= 11 is 0. The zero-order chi connectivity index (χ0) is 12.3. The van der Waals surface area contributed by atoms with Gasteiger partial charge < -0.3 is 10.4 Å². The van der Waals surface area contributed by atoms with Crippen LogP contribution in [-0.2, 0) is 0 Å². The minimum Gasteiger partial charge on any atom is -0.394 e. The van der Waals surface area contributed by atoms with Crippen LogP contribution in [0.2, 0.25) is 0 Å². The van der Waals surface area contributed by atoms with Crippen molar-refractivity contribution in [3.63, 3.8) is 0 Å². The number of aliphatic hydroxyl groups is 1. The Morgan fingerprint density at radius 3 is 2.65 bits per heavy atom. The van der Waals surface area contributed by atoms with Crippen LogP contribution in [0.1, 0.15) is 31.2 Å². The second-order valence-corrected chi connectivity index (χ2v) is 4.58. The number of halogens is 1. The van der Waals surface area contributed by atoms with E-state index in [0.29, 0.717) is 11.3 Å². The third-order valence-electron chi connectivity index (χ3n) is 3.36. The second kappa shape index (κ2) is 4.72. The van der Waals surface area contributed by atoms with E-state index < -0.39 is 11.4 Å². The van der Waals surface area contributed by atoms with Gasteiger partial charge in [-0.25, -0.2) is 4.39 Å². The van der Waals surface area contributed by atoms with Crippen molar-refractivity contribution in [1.29, 1.82) is 5.26 Å². The predicted octanol–water partition coefficient (Wildman–Crippen LogP) is 2.41. The molecule has 0 spiro atoms. The summed E-state index contributed by atoms with van der Waals surface area (Å²) in [6.07, 6.45) is 3.79. The lowest BCUT2D eigenvalue weighted by molar-refractivity contribution is 0.214. The van der Waals surface area contributed by atoms with E-state index in [1.54, 1.807) is 12.1 Å². The Hall–Kier alpha value is -1.60. The van der Waals surface area contributed by atoms with Crippen LogP contribution < -0.4 is 5.32 Å². The molecule has 17 heavy (non-hydrogen) atoms. The molecule has 90 valence electrons. The maximum absolute atomic E-state index is 13.7. The first-order valence-electron chi connectivity index (χ1n) is 5.78. The fourth-order valence-corrected chi connectivity index (χ4v) is 2.35. The van der Waals surface area contributed by atoms with Crippen LogP contribution in [-0.4, -0.2) is 17.3 Å². The van der Waals surface area contributed by atoms with Gasteiger partial charge in [0.1, 0.15) is 5.82 Å². The van der Waals surface area contributed by atoms with E-state index in [1.807, 2.05) is 6.07 Å². The summed E-state index contributed by atoms with van der Waals surface area (Å²) < 4.78 is 13.7. The van der Waals surface area contributed by atoms with E-state index >= 15 is 0 Å². The molecule has 1 aromatic carbocycles. The highest BCUT2D eigenvalue weighted by Gasteiger charge is 2.33. The van der Waals surface area contributed by atoms with Gasteiger partial charge in [0, 0.05) is 0 Å². The highest BCUT2D eigenvalue weighted by Crippen LogP contribution is 2.33. The number of nitrogens with one attached hydrogen (secondary N) is 1. The number of rotatable bonds is 3. The summed E-state index contributed by atoms with van der Waals surface area (Å²) in [6.45, 7) is 0.00639. The first-order chi connectivity index (χ1) is 8.19. The van der Waals surface area contributed by atoms with E-state index in [0.717, 1.165) is 25.7 Å². The summed E-state index contributed by atoms with van der Waals surface area (Å²) in [7, 11) is 0. The third kappa shape index (κ3) is 2.40. The molecular weight excluding hydrogens is 219 g/mol. The standard InChI is InChI=1S/C13H15FN2O/c14-11-7-10(8-15)3-4-12(11)16-13(9-17)5-1-2-6-13/h3-4,7,16-17H,1-2,5-6,9H2. The van der Waals surface area contributed by atoms with Crippen LogP contribution in [0.3, 0.4) is 0 Å². The van der Waals surface area contributed by atoms with Crippen molar-refractivity contribution in [3.8, 4) is 6.07 Å². The van der Waals surface area contributed by atoms with Gasteiger partial charge in [0.2, 0.25) is 0 Å². The molecule has 0 saturated heterocycles. The van der Waals surface area contributed by atoms with Gasteiger partial charge in [-0.05, 0) is 31.0 Å². The molecule has 1 aliphatic rings. The second-order valence-electron chi connectivity index (χ2n) is 4.58. The highest BCUT2D eigenvalue weighted by atomic mass is 19.1. The van der Waals surface area contributed by atoms with Crippen molar-refractivity contribution in [2.24, 2.45) is 0 Å². The minimum absolute atomic E-state index is 0.00639. The van der Waals surface area contributed by atoms with E-state index in [1.165, 1.54) is 6.07 Å². The molecule has 0 bridgehead atoms. The normalized spacial score (nSPS) is 17.7. The molecule has 2 rings (SSSR count). The molecule has 2 N–H and O–H groups in total. The molecule has 0 atom stereocenters. The molecule has 1 aromatic rings. The number of nitriles is 1. The molecule has 0 amide bonds. The fraction of sp³-hybridized carbons (Fsp3) is 0.462. The molecule has 0 heterocycles. The first kappa shape index (κ1) is 11.9. The lowest BCUT2D eigenvalue weighted by Crippen LogP contribution is -2.39. The topological polar surface area (TPSA) is 56.0 Å². The summed E-state index contributed by atoms with van der Waals surface area (Å²) in [5.41, 5.74) is 0.270. The van der Waals surface area contributed by atoms with Gasteiger partial charge in [-0.15, -0.1) is 0 Å². The third-order valence-corrected chi connectivity index (χ3v) is 3.36. The lowest BCUT2D eigenvalue weighted by atomic mass is 9.98. The van der Waals surface area contributed by atoms with Crippen LogP contribution in [0.15, 0.2) is 18.2 Å². The van der Waals surface area contributed by atoms with Crippen molar-refractivity contribution in [2.45, 2.75) is 31.2 Å². The van der Waals surface area contributed by atoms with E-state index in [-0.39, 0.29) is 6.61 Å². The number of aliphatic hydroxyl groups excluding tert-OH is 1. The van der Waals surface area contributed by atoms with Crippen LogP contribution in [0.25, 0.3) is 0 Å². The van der Waals surface area contributed by atoms with E-state index in [9.17, 15) is 9.50 Å². The van der Waals surface area contributed by atoms with Gasteiger partial charge in [0.25, 0.3) is 0 Å². The van der Waals surface area contributed by atoms with Gasteiger partial charge in [0.05, 0.1) is 29.5 Å². The molecule has 1 saturated carbocycles. The largest absolute Gasteiger partial charge is 0.394 e. The Bertz CT molecular complexity index is 447. The fourth-order valence-electron chi connectivity index (χ4n) is 2.35. The Kier molecular flexibility index (Phi) is 3.30. The average molecular weight is 234 g/mol. The van der Waals surface area contributed by atoms with Crippen LogP contribution in [0.4, 0.5) is 10.1 Å². The molecule has 1 aliphatic carbocycles. The molecule has 0 radical (unpaired) electrons. The quantitative estimate of drug-likeness (QED) is 0.844. The molecule has 0 aromatic heterocycles. The number of nitrogens with zero attached hydrogens (tertiary/aromatic N) is 1. The molecule has 1 fully saturated rings. The van der Waals surface area contributed by atoms with E-state index in [2.05, 4.69) is 5.32 Å². The summed E-state index contributed by atoms with van der Waals surface area (Å²) in [6, 6.07) is 6.24. The number of hydrogen-bond donors (Lipinski definition) is 2. The highest BCUT2D eigenvalue weighted by molar-refractivity contribution is 5.50. The molecule has 0 unspecified atom stereocenters. The Morgan fingerprint density at radius 2 is 2.12 bits per heavy atom. The number of anilines is 1. The Morgan fingerprint density at radius 1 is 1.41 bits per heavy atom. The molecule has 0 aliphatic heterocycles. The SMILES string of the molecule is N#Cc1ccc(NC2(CO)CCCC2)c(F)c1. The summed E-state index contributed by atoms with van der Waals surface area (Å²) in [5, 5.41) is 21.2. The lowest BCUT2D eigenvalue weighted by Gasteiger charge is -2.29. The van der Waals surface area contributed by atoms with Crippen molar-refractivity contribution < 1.29 is 9.50 Å². The molecular formula is C13H15FN2O. The van der Waals surface area contributed by atoms with Crippen molar-refractivity contribution >= 4 is 5.69 Å². The van der Waals surface area contributed by atoms with Crippen molar-refractivity contribution in [3.05, 3.63) is 29.6 Å². The molecule has 4 heteroatoms. The zero-order valence-corrected chi connectivity index (χ0v) is 9.54.